The second-order valence-electron chi connectivity index (χ2n) is 3.99. The minimum Gasteiger partial charge on any atom is -0.394 e. The van der Waals surface area contributed by atoms with Crippen LogP contribution in [0.15, 0.2) is 0 Å². The van der Waals surface area contributed by atoms with Crippen molar-refractivity contribution in [1.29, 1.82) is 0 Å². The fourth-order valence-electron chi connectivity index (χ4n) is 1.31. The third-order valence-electron chi connectivity index (χ3n) is 2.29. The standard InChI is InChI=1S/C8H24O7Si3/c1-9-17(8,10-2)14-16(6,7)15-18(11-3,12-4)13-5/h1-8H3. The lowest BCUT2D eigenvalue weighted by Gasteiger charge is -2.36. The lowest BCUT2D eigenvalue weighted by molar-refractivity contribution is 0.0368. The quantitative estimate of drug-likeness (QED) is 0.587. The Morgan fingerprint density at radius 1 is 0.556 bits per heavy atom. The van der Waals surface area contributed by atoms with E-state index in [2.05, 4.69) is 0 Å². The summed E-state index contributed by atoms with van der Waals surface area (Å²) in [7, 11) is -0.853. The summed E-state index contributed by atoms with van der Waals surface area (Å²) < 4.78 is 37.9. The molecule has 0 aliphatic carbocycles. The first-order valence-corrected chi connectivity index (χ1v) is 12.1. The predicted octanol–water partition coefficient (Wildman–Crippen LogP) is 0.958. The molecule has 0 heterocycles. The average molecular weight is 317 g/mol. The Morgan fingerprint density at radius 2 is 0.944 bits per heavy atom. The van der Waals surface area contributed by atoms with E-state index in [9.17, 15) is 0 Å². The second-order valence-corrected chi connectivity index (χ2v) is 13.2. The molecule has 0 fully saturated rings. The summed E-state index contributed by atoms with van der Waals surface area (Å²) >= 11 is 0. The average Bonchev–Trinajstić information content (AvgIpc) is 2.35. The van der Waals surface area contributed by atoms with E-state index < -0.39 is 26.4 Å². The maximum absolute atomic E-state index is 5.89. The van der Waals surface area contributed by atoms with Crippen LogP contribution in [0.4, 0.5) is 0 Å². The summed E-state index contributed by atoms with van der Waals surface area (Å²) in [4.78, 5) is 0. The Labute approximate surface area is 112 Å². The Hall–Kier alpha value is 0.371. The highest BCUT2D eigenvalue weighted by molar-refractivity contribution is 6.81. The van der Waals surface area contributed by atoms with Crippen molar-refractivity contribution in [2.24, 2.45) is 0 Å². The molecule has 7 nitrogen and oxygen atoms in total. The molecule has 0 unspecified atom stereocenters. The van der Waals surface area contributed by atoms with Crippen LogP contribution in [0.25, 0.3) is 0 Å². The highest BCUT2D eigenvalue weighted by Crippen LogP contribution is 2.22. The van der Waals surface area contributed by atoms with Gasteiger partial charge in [0, 0.05) is 42.1 Å². The molecule has 0 rings (SSSR count). The first-order valence-electron chi connectivity index (χ1n) is 5.38. The molecule has 0 amide bonds. The second kappa shape index (κ2) is 7.23. The first-order chi connectivity index (χ1) is 8.22. The summed E-state index contributed by atoms with van der Waals surface area (Å²) in [6.07, 6.45) is 0. The van der Waals surface area contributed by atoms with Crippen LogP contribution in [0.2, 0.25) is 19.6 Å². The third-order valence-corrected chi connectivity index (χ3v) is 11.7. The molecule has 0 aliphatic heterocycles. The summed E-state index contributed by atoms with van der Waals surface area (Å²) in [6, 6.07) is 0. The highest BCUT2D eigenvalue weighted by Gasteiger charge is 2.52. The first kappa shape index (κ1) is 18.4. The minimum absolute atomic E-state index is 1.48. The lowest BCUT2D eigenvalue weighted by atomic mass is 11.8. The van der Waals surface area contributed by atoms with Crippen molar-refractivity contribution in [3.05, 3.63) is 0 Å². The van der Waals surface area contributed by atoms with Crippen LogP contribution >= 0.6 is 0 Å². The van der Waals surface area contributed by atoms with Gasteiger partial charge in [-0.1, -0.05) is 0 Å². The Morgan fingerprint density at radius 3 is 1.22 bits per heavy atom. The number of hydrogen-bond acceptors (Lipinski definition) is 7. The van der Waals surface area contributed by atoms with Crippen molar-refractivity contribution >= 4 is 26.4 Å². The van der Waals surface area contributed by atoms with Crippen molar-refractivity contribution in [3.8, 4) is 0 Å². The van der Waals surface area contributed by atoms with Gasteiger partial charge in [0.2, 0.25) is 0 Å². The molecule has 0 N–H and O–H groups in total. The Kier molecular flexibility index (Phi) is 7.38. The van der Waals surface area contributed by atoms with E-state index >= 15 is 0 Å². The zero-order valence-electron chi connectivity index (χ0n) is 12.4. The highest BCUT2D eigenvalue weighted by atomic mass is 28.5. The van der Waals surface area contributed by atoms with Gasteiger partial charge in [-0.3, -0.25) is 0 Å². The van der Waals surface area contributed by atoms with Gasteiger partial charge in [-0.25, -0.2) is 0 Å². The van der Waals surface area contributed by atoms with Crippen molar-refractivity contribution in [3.63, 3.8) is 0 Å². The topological polar surface area (TPSA) is 64.6 Å². The largest absolute Gasteiger partial charge is 0.669 e. The fourth-order valence-corrected chi connectivity index (χ4v) is 10.2. The molecule has 0 spiro atoms. The molecule has 0 bridgehead atoms. The van der Waals surface area contributed by atoms with Crippen molar-refractivity contribution in [2.45, 2.75) is 19.6 Å². The molecule has 0 aromatic carbocycles. The molecule has 0 radical (unpaired) electrons. The summed E-state index contributed by atoms with van der Waals surface area (Å²) in [6.45, 7) is 5.50. The van der Waals surface area contributed by atoms with E-state index in [1.54, 1.807) is 20.8 Å². The zero-order chi connectivity index (χ0) is 14.4. The Bertz CT molecular complexity index is 235. The lowest BCUT2D eigenvalue weighted by Crippen LogP contribution is -2.59. The maximum Gasteiger partial charge on any atom is 0.669 e. The van der Waals surface area contributed by atoms with E-state index in [0.29, 0.717) is 0 Å². The molecule has 0 aromatic rings. The van der Waals surface area contributed by atoms with Crippen LogP contribution in [0.1, 0.15) is 0 Å². The van der Waals surface area contributed by atoms with Crippen LogP contribution < -0.4 is 0 Å². The van der Waals surface area contributed by atoms with Crippen LogP contribution in [-0.2, 0) is 30.4 Å². The Balaban J connectivity index is 4.83. The van der Waals surface area contributed by atoms with E-state index in [1.807, 2.05) is 13.1 Å². The van der Waals surface area contributed by atoms with E-state index in [0.717, 1.165) is 0 Å². The van der Waals surface area contributed by atoms with Gasteiger partial charge >= 0.3 is 26.4 Å². The van der Waals surface area contributed by atoms with Gasteiger partial charge in [0.05, 0.1) is 0 Å². The van der Waals surface area contributed by atoms with Crippen molar-refractivity contribution < 1.29 is 30.4 Å². The van der Waals surface area contributed by atoms with E-state index in [-0.39, 0.29) is 0 Å². The van der Waals surface area contributed by atoms with Crippen LogP contribution in [-0.4, -0.2) is 62.0 Å². The van der Waals surface area contributed by atoms with Gasteiger partial charge in [-0.2, -0.15) is 0 Å². The smallest absolute Gasteiger partial charge is 0.394 e. The normalized spacial score (nSPS) is 14.0. The summed E-state index contributed by atoms with van der Waals surface area (Å²) in [5.41, 5.74) is 0. The van der Waals surface area contributed by atoms with Gasteiger partial charge in [-0.05, 0) is 13.1 Å². The van der Waals surface area contributed by atoms with Crippen LogP contribution in [0.3, 0.4) is 0 Å². The molecular formula is C8H24O7Si3. The van der Waals surface area contributed by atoms with Gasteiger partial charge in [0.1, 0.15) is 0 Å². The predicted molar refractivity (Wildman–Crippen MR) is 72.1 cm³/mol. The van der Waals surface area contributed by atoms with Crippen molar-refractivity contribution in [2.75, 3.05) is 35.5 Å². The molecule has 10 heteroatoms. The molecule has 0 saturated heterocycles. The molecule has 0 aliphatic rings. The summed E-state index contributed by atoms with van der Waals surface area (Å²) in [5.74, 6) is 0. The van der Waals surface area contributed by atoms with Gasteiger partial charge < -0.3 is 30.4 Å². The van der Waals surface area contributed by atoms with Gasteiger partial charge in [0.25, 0.3) is 0 Å². The van der Waals surface area contributed by atoms with Gasteiger partial charge in [-0.15, -0.1) is 0 Å². The van der Waals surface area contributed by atoms with Crippen molar-refractivity contribution in [1.82, 2.24) is 0 Å². The summed E-state index contributed by atoms with van der Waals surface area (Å²) in [5, 5.41) is 0. The monoisotopic (exact) mass is 316 g/mol. The number of rotatable bonds is 9. The van der Waals surface area contributed by atoms with E-state index in [4.69, 9.17) is 30.4 Å². The molecule has 18 heavy (non-hydrogen) atoms. The zero-order valence-corrected chi connectivity index (χ0v) is 15.4. The SMILES string of the molecule is CO[Si](C)(OC)O[Si](C)(C)O[Si](OC)(OC)OC. The molecule has 0 aromatic heterocycles. The maximum atomic E-state index is 5.89. The molecular weight excluding hydrogens is 292 g/mol. The minimum atomic E-state index is -3.13. The van der Waals surface area contributed by atoms with Gasteiger partial charge in [0.15, 0.2) is 0 Å². The van der Waals surface area contributed by atoms with Crippen LogP contribution in [0, 0.1) is 0 Å². The van der Waals surface area contributed by atoms with Crippen LogP contribution in [0.5, 0.6) is 0 Å². The molecule has 0 atom stereocenters. The molecule has 110 valence electrons. The molecule has 0 saturated carbocycles. The number of hydrogen-bond donors (Lipinski definition) is 0. The third kappa shape index (κ3) is 5.16. The van der Waals surface area contributed by atoms with E-state index in [1.165, 1.54) is 21.3 Å². The fraction of sp³-hybridized carbons (Fsp3) is 1.00.